The largest absolute Gasteiger partial charge is 0.744 e. The summed E-state index contributed by atoms with van der Waals surface area (Å²) < 4.78 is 65.7. The molecule has 2 heterocycles. The van der Waals surface area contributed by atoms with Crippen molar-refractivity contribution >= 4 is 20.2 Å². The fourth-order valence-electron chi connectivity index (χ4n) is 2.56. The highest BCUT2D eigenvalue weighted by Crippen LogP contribution is 2.15. The molecule has 2 aromatic heterocycles. The van der Waals surface area contributed by atoms with Gasteiger partial charge >= 0.3 is 0 Å². The van der Waals surface area contributed by atoms with Crippen molar-refractivity contribution in [3.63, 3.8) is 0 Å². The number of hydrogen-bond acceptors (Lipinski definition) is 6. The standard InChI is InChI=1S/C12H14N2.2C6H6O3S/c1-13-7-3-11(4-8-13)12-5-9-14(2)10-6-12;2*7-10(8,9)6-4-2-1-3-5-6/h3-10H,1-2H3;2*1-5H,(H,7,8,9)/q+2;;/p-2. The molecule has 4 aromatic rings. The van der Waals surface area contributed by atoms with Crippen LogP contribution in [0.2, 0.25) is 0 Å². The van der Waals surface area contributed by atoms with Gasteiger partial charge < -0.3 is 9.11 Å². The Balaban J connectivity index is 0.000000185. The van der Waals surface area contributed by atoms with E-state index in [2.05, 4.69) is 49.1 Å². The summed E-state index contributed by atoms with van der Waals surface area (Å²) in [5, 5.41) is 0. The third kappa shape index (κ3) is 9.20. The molecule has 0 aliphatic carbocycles. The molecule has 0 saturated heterocycles. The Kier molecular flexibility index (Phi) is 9.58. The minimum atomic E-state index is -4.25. The van der Waals surface area contributed by atoms with Crippen molar-refractivity contribution in [3.8, 4) is 11.1 Å². The van der Waals surface area contributed by atoms with Gasteiger partial charge in [0.2, 0.25) is 0 Å². The van der Waals surface area contributed by atoms with Crippen LogP contribution in [-0.4, -0.2) is 25.9 Å². The SMILES string of the molecule is C[n+]1ccc(-c2cc[n+](C)cc2)cc1.O=S(=O)([O-])c1ccccc1.O=S(=O)([O-])c1ccccc1. The maximum Gasteiger partial charge on any atom is 0.169 e. The molecule has 0 aliphatic rings. The average Bonchev–Trinajstić information content (AvgIpc) is 2.81. The first-order valence-corrected chi connectivity index (χ1v) is 12.7. The zero-order valence-corrected chi connectivity index (χ0v) is 20.2. The van der Waals surface area contributed by atoms with Gasteiger partial charge in [0.15, 0.2) is 24.8 Å². The Morgan fingerprint density at radius 3 is 0.971 bits per heavy atom. The van der Waals surface area contributed by atoms with E-state index in [0.717, 1.165) is 0 Å². The number of benzene rings is 2. The molecule has 0 bridgehead atoms. The lowest BCUT2D eigenvalue weighted by Crippen LogP contribution is -2.26. The number of hydrogen-bond donors (Lipinski definition) is 0. The monoisotopic (exact) mass is 500 g/mol. The lowest BCUT2D eigenvalue weighted by Gasteiger charge is -2.04. The molecular formula is C24H24N2O6S2. The lowest BCUT2D eigenvalue weighted by atomic mass is 10.1. The molecule has 0 spiro atoms. The van der Waals surface area contributed by atoms with Gasteiger partial charge in [-0.05, 0) is 35.4 Å². The van der Waals surface area contributed by atoms with Gasteiger partial charge in [0, 0.05) is 24.3 Å². The second kappa shape index (κ2) is 12.1. The quantitative estimate of drug-likeness (QED) is 0.314. The fraction of sp³-hybridized carbons (Fsp3) is 0.0833. The average molecular weight is 501 g/mol. The van der Waals surface area contributed by atoms with Crippen molar-refractivity contribution in [2.45, 2.75) is 9.79 Å². The molecule has 2 aromatic carbocycles. The summed E-state index contributed by atoms with van der Waals surface area (Å²) in [7, 11) is -4.46. The van der Waals surface area contributed by atoms with Crippen molar-refractivity contribution < 1.29 is 35.1 Å². The molecule has 8 nitrogen and oxygen atoms in total. The first-order valence-electron chi connectivity index (χ1n) is 9.89. The fourth-order valence-corrected chi connectivity index (χ4v) is 3.54. The van der Waals surface area contributed by atoms with E-state index in [0.29, 0.717) is 0 Å². The van der Waals surface area contributed by atoms with Crippen LogP contribution in [0.15, 0.2) is 120 Å². The maximum atomic E-state index is 10.3. The van der Waals surface area contributed by atoms with Gasteiger partial charge in [-0.2, -0.15) is 0 Å². The smallest absolute Gasteiger partial charge is 0.169 e. The predicted molar refractivity (Wildman–Crippen MR) is 123 cm³/mol. The minimum Gasteiger partial charge on any atom is -0.744 e. The van der Waals surface area contributed by atoms with E-state index in [9.17, 15) is 25.9 Å². The van der Waals surface area contributed by atoms with Crippen LogP contribution >= 0.6 is 0 Å². The Bertz CT molecular complexity index is 1260. The number of rotatable bonds is 3. The van der Waals surface area contributed by atoms with Gasteiger partial charge in [-0.15, -0.1) is 0 Å². The van der Waals surface area contributed by atoms with Crippen LogP contribution in [0.4, 0.5) is 0 Å². The van der Waals surface area contributed by atoms with Crippen LogP contribution in [0.3, 0.4) is 0 Å². The van der Waals surface area contributed by atoms with Crippen LogP contribution in [0.25, 0.3) is 11.1 Å². The van der Waals surface area contributed by atoms with Crippen LogP contribution in [0, 0.1) is 0 Å². The first-order chi connectivity index (χ1) is 16.0. The number of aryl methyl sites for hydroxylation is 2. The molecule has 0 radical (unpaired) electrons. The Labute approximate surface area is 199 Å². The molecule has 178 valence electrons. The highest BCUT2D eigenvalue weighted by atomic mass is 32.2. The van der Waals surface area contributed by atoms with Gasteiger partial charge in [-0.1, -0.05) is 36.4 Å². The zero-order valence-electron chi connectivity index (χ0n) is 18.6. The van der Waals surface area contributed by atoms with Crippen LogP contribution in [-0.2, 0) is 34.3 Å². The normalized spacial score (nSPS) is 10.8. The third-order valence-corrected chi connectivity index (χ3v) is 6.05. The second-order valence-corrected chi connectivity index (χ2v) is 9.80. The maximum absolute atomic E-state index is 10.3. The van der Waals surface area contributed by atoms with Crippen LogP contribution in [0.5, 0.6) is 0 Å². The Morgan fingerprint density at radius 1 is 0.500 bits per heavy atom. The van der Waals surface area contributed by atoms with Crippen molar-refractivity contribution in [1.82, 2.24) is 0 Å². The number of pyridine rings is 2. The molecule has 0 aliphatic heterocycles. The van der Waals surface area contributed by atoms with Gasteiger partial charge in [-0.25, -0.2) is 26.0 Å². The lowest BCUT2D eigenvalue weighted by molar-refractivity contribution is -0.671. The van der Waals surface area contributed by atoms with Gasteiger partial charge in [-0.3, -0.25) is 0 Å². The Hall–Kier alpha value is -3.44. The van der Waals surface area contributed by atoms with Crippen molar-refractivity contribution in [2.24, 2.45) is 14.1 Å². The van der Waals surface area contributed by atoms with Crippen molar-refractivity contribution in [2.75, 3.05) is 0 Å². The van der Waals surface area contributed by atoms with E-state index in [4.69, 9.17) is 0 Å². The predicted octanol–water partition coefficient (Wildman–Crippen LogP) is 2.18. The third-order valence-electron chi connectivity index (χ3n) is 4.35. The van der Waals surface area contributed by atoms with E-state index in [1.807, 2.05) is 23.2 Å². The minimum absolute atomic E-state index is 0.185. The van der Waals surface area contributed by atoms with Gasteiger partial charge in [0.05, 0.1) is 9.79 Å². The molecule has 4 rings (SSSR count). The van der Waals surface area contributed by atoms with E-state index in [1.54, 1.807) is 12.1 Å². The molecule has 0 atom stereocenters. The molecule has 0 saturated carbocycles. The van der Waals surface area contributed by atoms with Crippen LogP contribution < -0.4 is 9.13 Å². The summed E-state index contributed by atoms with van der Waals surface area (Å²) >= 11 is 0. The van der Waals surface area contributed by atoms with Gasteiger partial charge in [0.1, 0.15) is 34.3 Å². The van der Waals surface area contributed by atoms with Crippen molar-refractivity contribution in [1.29, 1.82) is 0 Å². The Morgan fingerprint density at radius 2 is 0.765 bits per heavy atom. The summed E-state index contributed by atoms with van der Waals surface area (Å²) in [5.41, 5.74) is 2.51. The van der Waals surface area contributed by atoms with Crippen molar-refractivity contribution in [3.05, 3.63) is 110 Å². The molecule has 10 heteroatoms. The summed E-state index contributed by atoms with van der Waals surface area (Å²) in [4.78, 5) is -0.370. The number of nitrogens with zero attached hydrogens (tertiary/aromatic N) is 2. The van der Waals surface area contributed by atoms with Gasteiger partial charge in [0.25, 0.3) is 0 Å². The molecular weight excluding hydrogens is 476 g/mol. The molecule has 0 N–H and O–H groups in total. The summed E-state index contributed by atoms with van der Waals surface area (Å²) in [5.74, 6) is 0. The van der Waals surface area contributed by atoms with E-state index in [1.165, 1.54) is 59.7 Å². The first kappa shape index (κ1) is 26.8. The second-order valence-electron chi connectivity index (χ2n) is 7.04. The zero-order chi connectivity index (χ0) is 25.2. The summed E-state index contributed by atoms with van der Waals surface area (Å²) in [6.45, 7) is 0. The van der Waals surface area contributed by atoms with Crippen LogP contribution in [0.1, 0.15) is 0 Å². The highest BCUT2D eigenvalue weighted by molar-refractivity contribution is 7.86. The molecule has 0 fully saturated rings. The van der Waals surface area contributed by atoms with E-state index < -0.39 is 20.2 Å². The molecule has 34 heavy (non-hydrogen) atoms. The van der Waals surface area contributed by atoms with E-state index in [-0.39, 0.29) is 9.79 Å². The topological polar surface area (TPSA) is 122 Å². The highest BCUT2D eigenvalue weighted by Gasteiger charge is 2.01. The summed E-state index contributed by atoms with van der Waals surface area (Å²) in [6, 6.07) is 22.9. The number of aromatic nitrogens is 2. The molecule has 0 unspecified atom stereocenters. The molecule has 0 amide bonds. The van der Waals surface area contributed by atoms with E-state index >= 15 is 0 Å². The summed E-state index contributed by atoms with van der Waals surface area (Å²) in [6.07, 6.45) is 8.23.